The molecule has 0 radical (unpaired) electrons. The van der Waals surface area contributed by atoms with Gasteiger partial charge in [-0.25, -0.2) is 8.78 Å². The number of carbonyl (C=O) groups is 1. The molecule has 0 aromatic heterocycles. The lowest BCUT2D eigenvalue weighted by Crippen LogP contribution is -2.10. The van der Waals surface area contributed by atoms with E-state index in [4.69, 9.17) is 5.73 Å². The molecule has 0 spiro atoms. The van der Waals surface area contributed by atoms with Gasteiger partial charge in [0.15, 0.2) is 0 Å². The molecule has 19 heavy (non-hydrogen) atoms. The third kappa shape index (κ3) is 3.54. The van der Waals surface area contributed by atoms with Gasteiger partial charge in [-0.05, 0) is 35.9 Å². The van der Waals surface area contributed by atoms with Crippen molar-refractivity contribution in [1.29, 1.82) is 0 Å². The molecule has 1 amide bonds. The minimum atomic E-state index is -0.490. The molecule has 2 N–H and O–H groups in total. The highest BCUT2D eigenvalue weighted by molar-refractivity contribution is 7.98. The number of halogens is 2. The van der Waals surface area contributed by atoms with Crippen molar-refractivity contribution >= 4 is 17.7 Å². The van der Waals surface area contributed by atoms with Gasteiger partial charge in [0.1, 0.15) is 11.6 Å². The molecule has 2 aromatic carbocycles. The van der Waals surface area contributed by atoms with Crippen LogP contribution in [0.5, 0.6) is 0 Å². The van der Waals surface area contributed by atoms with Gasteiger partial charge >= 0.3 is 0 Å². The highest BCUT2D eigenvalue weighted by Gasteiger charge is 2.05. The normalized spacial score (nSPS) is 10.4. The molecule has 0 fully saturated rings. The summed E-state index contributed by atoms with van der Waals surface area (Å²) in [6.07, 6.45) is 0. The van der Waals surface area contributed by atoms with Crippen molar-refractivity contribution in [3.63, 3.8) is 0 Å². The Bertz CT molecular complexity index is 599. The van der Waals surface area contributed by atoms with E-state index in [1.807, 2.05) is 0 Å². The van der Waals surface area contributed by atoms with Gasteiger partial charge in [-0.3, -0.25) is 4.79 Å². The smallest absolute Gasteiger partial charge is 0.248 e. The molecular formula is C14H11F2NOS. The summed E-state index contributed by atoms with van der Waals surface area (Å²) < 4.78 is 26.4. The van der Waals surface area contributed by atoms with Crippen LogP contribution in [0.1, 0.15) is 15.9 Å². The van der Waals surface area contributed by atoms with Crippen molar-refractivity contribution < 1.29 is 13.6 Å². The molecule has 0 aliphatic rings. The van der Waals surface area contributed by atoms with Crippen molar-refractivity contribution in [2.75, 3.05) is 0 Å². The van der Waals surface area contributed by atoms with Crippen molar-refractivity contribution in [2.45, 2.75) is 10.6 Å². The first-order valence-corrected chi connectivity index (χ1v) is 6.51. The van der Waals surface area contributed by atoms with E-state index in [0.717, 1.165) is 23.8 Å². The highest BCUT2D eigenvalue weighted by atomic mass is 32.2. The van der Waals surface area contributed by atoms with Gasteiger partial charge in [-0.2, -0.15) is 0 Å². The fourth-order valence-corrected chi connectivity index (χ4v) is 2.43. The van der Waals surface area contributed by atoms with E-state index in [1.54, 1.807) is 24.3 Å². The van der Waals surface area contributed by atoms with Crippen LogP contribution in [0.25, 0.3) is 0 Å². The number of amides is 1. The van der Waals surface area contributed by atoms with Crippen LogP contribution in [0, 0.1) is 11.6 Å². The molecule has 0 heterocycles. The van der Waals surface area contributed by atoms with Gasteiger partial charge in [-0.1, -0.05) is 12.1 Å². The monoisotopic (exact) mass is 279 g/mol. The first-order valence-electron chi connectivity index (χ1n) is 5.53. The van der Waals surface area contributed by atoms with E-state index in [1.165, 1.54) is 11.8 Å². The summed E-state index contributed by atoms with van der Waals surface area (Å²) >= 11 is 1.20. The number of carbonyl (C=O) groups excluding carboxylic acids is 1. The van der Waals surface area contributed by atoms with Crippen LogP contribution in [0.2, 0.25) is 0 Å². The number of hydrogen-bond acceptors (Lipinski definition) is 2. The Balaban J connectivity index is 2.06. The van der Waals surface area contributed by atoms with Crippen molar-refractivity contribution in [3.8, 4) is 0 Å². The molecular weight excluding hydrogens is 268 g/mol. The van der Waals surface area contributed by atoms with E-state index in [9.17, 15) is 13.6 Å². The van der Waals surface area contributed by atoms with Gasteiger partial charge in [0.05, 0.1) is 0 Å². The molecule has 0 aliphatic carbocycles. The van der Waals surface area contributed by atoms with Crippen molar-refractivity contribution in [2.24, 2.45) is 5.73 Å². The summed E-state index contributed by atoms with van der Waals surface area (Å²) in [4.78, 5) is 11.2. The summed E-state index contributed by atoms with van der Waals surface area (Å²) in [6, 6.07) is 10.1. The zero-order valence-corrected chi connectivity index (χ0v) is 10.7. The van der Waals surface area contributed by atoms with Crippen LogP contribution in [0.4, 0.5) is 8.78 Å². The summed E-state index contributed by atoms with van der Waals surface area (Å²) in [6.45, 7) is 0. The second kappa shape index (κ2) is 5.84. The average molecular weight is 279 g/mol. The standard InChI is InChI=1S/C14H11F2NOS/c15-11-5-6-12(16)13(7-11)19-8-9-1-3-10(4-2-9)14(17)18/h1-7H,8H2,(H2,17,18). The Labute approximate surface area is 113 Å². The van der Waals surface area contributed by atoms with E-state index in [2.05, 4.69) is 0 Å². The number of primary amides is 1. The van der Waals surface area contributed by atoms with Crippen LogP contribution in [-0.2, 0) is 5.75 Å². The third-order valence-corrected chi connectivity index (χ3v) is 3.63. The third-order valence-electron chi connectivity index (χ3n) is 2.53. The topological polar surface area (TPSA) is 43.1 Å². The zero-order chi connectivity index (χ0) is 13.8. The Kier molecular flexibility index (Phi) is 4.16. The maximum Gasteiger partial charge on any atom is 0.248 e. The average Bonchev–Trinajstić information content (AvgIpc) is 2.40. The van der Waals surface area contributed by atoms with Gasteiger partial charge in [-0.15, -0.1) is 11.8 Å². The summed E-state index contributed by atoms with van der Waals surface area (Å²) in [5.74, 6) is -0.914. The molecule has 0 saturated heterocycles. The fourth-order valence-electron chi connectivity index (χ4n) is 1.51. The maximum atomic E-state index is 13.4. The Morgan fingerprint density at radius 1 is 1.11 bits per heavy atom. The van der Waals surface area contributed by atoms with Crippen LogP contribution >= 0.6 is 11.8 Å². The van der Waals surface area contributed by atoms with Crippen LogP contribution in [-0.4, -0.2) is 5.91 Å². The summed E-state index contributed by atoms with van der Waals surface area (Å²) in [5.41, 5.74) is 6.45. The summed E-state index contributed by atoms with van der Waals surface area (Å²) in [5, 5.41) is 0. The maximum absolute atomic E-state index is 13.4. The van der Waals surface area contributed by atoms with Crippen molar-refractivity contribution in [1.82, 2.24) is 0 Å². The molecule has 0 unspecified atom stereocenters. The van der Waals surface area contributed by atoms with Crippen LogP contribution < -0.4 is 5.73 Å². The number of rotatable bonds is 4. The van der Waals surface area contributed by atoms with Gasteiger partial charge in [0, 0.05) is 16.2 Å². The Morgan fingerprint density at radius 3 is 2.42 bits per heavy atom. The number of hydrogen-bond donors (Lipinski definition) is 1. The lowest BCUT2D eigenvalue weighted by Gasteiger charge is -2.04. The van der Waals surface area contributed by atoms with Crippen LogP contribution in [0.15, 0.2) is 47.4 Å². The molecule has 2 nitrogen and oxygen atoms in total. The second-order valence-corrected chi connectivity index (χ2v) is 4.94. The van der Waals surface area contributed by atoms with E-state index < -0.39 is 17.5 Å². The second-order valence-electron chi connectivity index (χ2n) is 3.92. The van der Waals surface area contributed by atoms with E-state index in [-0.39, 0.29) is 4.90 Å². The molecule has 2 rings (SSSR count). The van der Waals surface area contributed by atoms with Crippen LogP contribution in [0.3, 0.4) is 0 Å². The number of nitrogens with two attached hydrogens (primary N) is 1. The SMILES string of the molecule is NC(=O)c1ccc(CSc2cc(F)ccc2F)cc1. The molecule has 5 heteroatoms. The highest BCUT2D eigenvalue weighted by Crippen LogP contribution is 2.26. The molecule has 2 aromatic rings. The summed E-state index contributed by atoms with van der Waals surface area (Å²) in [7, 11) is 0. The lowest BCUT2D eigenvalue weighted by atomic mass is 10.1. The molecule has 98 valence electrons. The Hall–Kier alpha value is -1.88. The van der Waals surface area contributed by atoms with E-state index in [0.29, 0.717) is 11.3 Å². The van der Waals surface area contributed by atoms with Gasteiger partial charge < -0.3 is 5.73 Å². The molecule has 0 saturated carbocycles. The van der Waals surface area contributed by atoms with Gasteiger partial charge in [0.25, 0.3) is 0 Å². The first-order chi connectivity index (χ1) is 9.06. The minimum absolute atomic E-state index is 0.263. The Morgan fingerprint density at radius 2 is 1.79 bits per heavy atom. The van der Waals surface area contributed by atoms with E-state index >= 15 is 0 Å². The quantitative estimate of drug-likeness (QED) is 0.872. The van der Waals surface area contributed by atoms with Crippen molar-refractivity contribution in [3.05, 3.63) is 65.2 Å². The lowest BCUT2D eigenvalue weighted by molar-refractivity contribution is 0.100. The molecule has 0 aliphatic heterocycles. The fraction of sp³-hybridized carbons (Fsp3) is 0.0714. The minimum Gasteiger partial charge on any atom is -0.366 e. The largest absolute Gasteiger partial charge is 0.366 e. The molecule has 0 atom stereocenters. The molecule has 0 bridgehead atoms. The van der Waals surface area contributed by atoms with Gasteiger partial charge in [0.2, 0.25) is 5.91 Å². The zero-order valence-electron chi connectivity index (χ0n) is 9.90. The first kappa shape index (κ1) is 13.5. The number of benzene rings is 2. The number of thioether (sulfide) groups is 1. The predicted octanol–water partition coefficient (Wildman–Crippen LogP) is 3.36. The predicted molar refractivity (Wildman–Crippen MR) is 70.9 cm³/mol.